The molecule has 5 N–H and O–H groups in total. The molecule has 5 aromatic carbocycles. The number of nitrogens with one attached hydrogen (secondary N) is 5. The predicted octanol–water partition coefficient (Wildman–Crippen LogP) is 17.3. The van der Waals surface area contributed by atoms with Crippen LogP contribution in [0.1, 0.15) is 143 Å². The van der Waals surface area contributed by atoms with Crippen molar-refractivity contribution in [3.05, 3.63) is 393 Å². The fourth-order valence-corrected chi connectivity index (χ4v) is 19.2. The molecule has 0 bridgehead atoms. The molecule has 5 aliphatic carbocycles. The summed E-state index contributed by atoms with van der Waals surface area (Å²) in [6, 6.07) is 44.6. The Morgan fingerprint density at radius 1 is 0.310 bits per heavy atom. The molecule has 0 radical (unpaired) electrons. The SMILES string of the molecule is CS(=O)(=O)c1ccc(C2(NC(=O)c3cncc4c3cnn4-c3ccc(F)cc3)CC2)cn1.O=C(NC1(c2ccc(Br)nc2)CC1)c1cncc2c1cnn2-c1ccc(F)cc1.O=C(NC1(c2ccnc(Br)c2)CC1)c1cncc2c1cnn2-c1ccc(F)cc1.O=C(NC1(c2ccncc2)CC1)c1cncc2c1cnn2-c1ccc(F)cc1.O=C(NC1(c2nncs2)CC1)c1cncc2c1cnn2-c1ccc(F)cc1. The highest BCUT2D eigenvalue weighted by Gasteiger charge is 2.51. The smallest absolute Gasteiger partial charge is 0.254 e. The lowest BCUT2D eigenvalue weighted by atomic mass is 10.1. The van der Waals surface area contributed by atoms with E-state index in [1.807, 2.05) is 36.4 Å². The maximum absolute atomic E-state index is 13.3. The molecule has 0 aliphatic heterocycles. The first kappa shape index (κ1) is 94.5. The average Bonchev–Trinajstić information content (AvgIpc) is 1.59. The second-order valence-electron chi connectivity index (χ2n) is 35.3. The Kier molecular flexibility index (Phi) is 25.2. The minimum atomic E-state index is -3.39. The molecule has 0 spiro atoms. The highest BCUT2D eigenvalue weighted by atomic mass is 79.9. The number of hydrogen-bond acceptors (Lipinski definition) is 24. The summed E-state index contributed by atoms with van der Waals surface area (Å²) >= 11 is 8.16. The molecule has 25 rings (SSSR count). The largest absolute Gasteiger partial charge is 0.342 e. The number of benzene rings is 5. The summed E-state index contributed by atoms with van der Waals surface area (Å²) in [5.74, 6) is -2.76. The van der Waals surface area contributed by atoms with E-state index in [0.717, 1.165) is 107 Å². The Morgan fingerprint density at radius 2 is 0.600 bits per heavy atom. The van der Waals surface area contributed by atoms with Gasteiger partial charge in [0.25, 0.3) is 29.5 Å². The summed E-state index contributed by atoms with van der Waals surface area (Å²) in [4.78, 5) is 103. The number of rotatable bonds is 21. The molecule has 33 nitrogen and oxygen atoms in total. The molecule has 0 unspecified atom stereocenters. The minimum absolute atomic E-state index is 0.00875. The molecule has 0 atom stereocenters. The number of fused-ring (bicyclic) bond motifs is 5. The molecule has 5 saturated carbocycles. The first-order chi connectivity index (χ1) is 70.2. The Bertz CT molecular complexity index is 8490. The summed E-state index contributed by atoms with van der Waals surface area (Å²) in [5.41, 5.74) is 12.3. The fraction of sp³-hybridized carbons (Fsp3) is 0.155. The van der Waals surface area contributed by atoms with Crippen LogP contribution in [0.2, 0.25) is 0 Å². The van der Waals surface area contributed by atoms with Gasteiger partial charge in [-0.3, -0.25) is 53.9 Å². The second-order valence-corrected chi connectivity index (χ2v) is 39.7. The van der Waals surface area contributed by atoms with Crippen molar-refractivity contribution in [3.8, 4) is 28.4 Å². The lowest BCUT2D eigenvalue weighted by molar-refractivity contribution is 0.0923. The van der Waals surface area contributed by atoms with Crippen LogP contribution in [-0.2, 0) is 37.5 Å². The summed E-state index contributed by atoms with van der Waals surface area (Å²) in [6.45, 7) is 0. The Hall–Kier alpha value is -16.7. The molecule has 15 heterocycles. The van der Waals surface area contributed by atoms with Gasteiger partial charge in [0.2, 0.25) is 0 Å². The maximum atomic E-state index is 13.3. The third-order valence-corrected chi connectivity index (χ3v) is 28.6. The van der Waals surface area contributed by atoms with Crippen molar-refractivity contribution in [2.75, 3.05) is 6.26 Å². The quantitative estimate of drug-likeness (QED) is 0.0329. The number of aromatic nitrogens is 21. The van der Waals surface area contributed by atoms with E-state index in [9.17, 15) is 54.3 Å². The van der Waals surface area contributed by atoms with E-state index < -0.39 is 20.9 Å². The molecular formula is C103H77Br2F5N26O7S2. The van der Waals surface area contributed by atoms with E-state index in [0.29, 0.717) is 111 Å². The van der Waals surface area contributed by atoms with Crippen LogP contribution in [0.3, 0.4) is 0 Å². The van der Waals surface area contributed by atoms with Gasteiger partial charge < -0.3 is 26.6 Å². The molecular weight excluding hydrogens is 2030 g/mol. The lowest BCUT2D eigenvalue weighted by Crippen LogP contribution is -2.35. The van der Waals surface area contributed by atoms with Gasteiger partial charge in [-0.2, -0.15) is 25.5 Å². The van der Waals surface area contributed by atoms with E-state index in [4.69, 9.17) is 0 Å². The van der Waals surface area contributed by atoms with Gasteiger partial charge in [-0.1, -0.05) is 12.1 Å². The summed E-state index contributed by atoms with van der Waals surface area (Å²) in [7, 11) is -3.39. The van der Waals surface area contributed by atoms with Crippen molar-refractivity contribution in [1.82, 2.24) is 131 Å². The van der Waals surface area contributed by atoms with Crippen molar-refractivity contribution in [2.45, 2.75) is 96.9 Å². The van der Waals surface area contributed by atoms with Crippen LogP contribution in [-0.4, -0.2) is 148 Å². The first-order valence-corrected chi connectivity index (χ1v) is 49.7. The van der Waals surface area contributed by atoms with Crippen LogP contribution >= 0.6 is 43.2 Å². The lowest BCUT2D eigenvalue weighted by Gasteiger charge is -2.18. The van der Waals surface area contributed by atoms with Gasteiger partial charge >= 0.3 is 0 Å². The third-order valence-electron chi connectivity index (χ3n) is 25.8. The second kappa shape index (κ2) is 38.6. The minimum Gasteiger partial charge on any atom is -0.342 e. The normalized spacial score (nSPS) is 14.8. The van der Waals surface area contributed by atoms with Gasteiger partial charge in [0, 0.05) is 95.2 Å². The molecule has 42 heteroatoms. The molecule has 5 amide bonds. The Morgan fingerprint density at radius 3 is 0.869 bits per heavy atom. The molecule has 20 aromatic rings. The van der Waals surface area contributed by atoms with Crippen LogP contribution in [0.25, 0.3) is 83.0 Å². The number of carbonyl (C=O) groups is 5. The topological polar surface area (TPSA) is 411 Å². The molecule has 5 fully saturated rings. The number of halogens is 7. The van der Waals surface area contributed by atoms with Crippen molar-refractivity contribution in [1.29, 1.82) is 0 Å². The standard InChI is InChI=1S/C22H18FN5O3S.2C21H15BrFN5O.C21H16FN5O.C18H13FN6OS/c1-32(30,31)20-7-2-14(10-25-20)22(8-9-22)27-21(29)18-11-24-13-19-17(18)12-26-28(19)16-5-3-15(23)4-6-16;22-19-6-1-13(9-25-19)21(7-8-21)27-20(29)17-10-24-12-18-16(17)11-26-28(18)15-4-2-14(23)3-5-15;22-19-9-13(5-8-25-19)21(6-7-21)27-20(29)17-10-24-12-18-16(17)11-26-28(18)15-3-1-14(23)2-4-15;22-15-1-3-16(4-2-15)27-19-13-24-11-18(17(19)12-25-27)20(28)26-21(7-8-21)14-5-9-23-10-6-14;19-11-1-3-12(4-2-11)25-15-9-20-7-14(13(15)8-22-25)16(26)23-18(5-6-18)17-24-21-10-27-17/h2-7,10-13H,8-9H2,1H3,(H,27,29);1-6,9-12H,7-8H2,(H,27,29);1-5,8-12H,6-7H2,(H,27,29);1-6,9-13H,7-8H2,(H,26,28);1-4,7-10H,5-6H2,(H,23,26). The van der Waals surface area contributed by atoms with Crippen molar-refractivity contribution >= 4 is 137 Å². The summed E-state index contributed by atoms with van der Waals surface area (Å²) in [5, 5.41) is 49.6. The third kappa shape index (κ3) is 19.6. The van der Waals surface area contributed by atoms with E-state index in [1.165, 1.54) is 96.7 Å². The van der Waals surface area contributed by atoms with Crippen LogP contribution in [0.15, 0.2) is 314 Å². The summed E-state index contributed by atoms with van der Waals surface area (Å²) in [6.07, 6.45) is 41.9. The molecule has 0 saturated heterocycles. The predicted molar refractivity (Wildman–Crippen MR) is 531 cm³/mol. The first-order valence-electron chi connectivity index (χ1n) is 45.3. The fourth-order valence-electron chi connectivity index (χ4n) is 17.2. The monoisotopic (exact) mass is 2110 g/mol. The average molecular weight is 2110 g/mol. The summed E-state index contributed by atoms with van der Waals surface area (Å²) < 4.78 is 99.1. The number of carbonyl (C=O) groups excluding carboxylic acids is 5. The van der Waals surface area contributed by atoms with E-state index >= 15 is 0 Å². The van der Waals surface area contributed by atoms with Gasteiger partial charge in [0.1, 0.15) is 48.8 Å². The number of hydrogen-bond donors (Lipinski definition) is 5. The van der Waals surface area contributed by atoms with Gasteiger partial charge in [0.05, 0.1) is 174 Å². The van der Waals surface area contributed by atoms with Gasteiger partial charge in [-0.15, -0.1) is 21.5 Å². The van der Waals surface area contributed by atoms with Crippen LogP contribution in [0.4, 0.5) is 22.0 Å². The molecule has 722 valence electrons. The maximum Gasteiger partial charge on any atom is 0.254 e. The van der Waals surface area contributed by atoms with Gasteiger partial charge in [0.15, 0.2) is 14.9 Å². The number of nitrogens with zero attached hydrogens (tertiary/aromatic N) is 21. The van der Waals surface area contributed by atoms with Crippen molar-refractivity contribution < 1.29 is 54.3 Å². The van der Waals surface area contributed by atoms with E-state index in [1.54, 1.807) is 201 Å². The zero-order valence-electron chi connectivity index (χ0n) is 76.1. The zero-order chi connectivity index (χ0) is 100. The zero-order valence-corrected chi connectivity index (χ0v) is 80.9. The van der Waals surface area contributed by atoms with Crippen LogP contribution in [0.5, 0.6) is 0 Å². The van der Waals surface area contributed by atoms with Crippen LogP contribution in [0, 0.1) is 29.1 Å². The Labute approximate surface area is 840 Å². The molecule has 5 aliphatic rings. The van der Waals surface area contributed by atoms with E-state index in [2.05, 4.69) is 139 Å². The van der Waals surface area contributed by atoms with Crippen LogP contribution < -0.4 is 26.6 Å². The Balaban J connectivity index is 0.000000107. The van der Waals surface area contributed by atoms with Crippen molar-refractivity contribution in [3.63, 3.8) is 0 Å². The highest BCUT2D eigenvalue weighted by molar-refractivity contribution is 9.10. The van der Waals surface area contributed by atoms with Gasteiger partial charge in [-0.05, 0) is 276 Å². The number of sulfone groups is 1. The molecule has 145 heavy (non-hydrogen) atoms. The number of pyridine rings is 9. The van der Waals surface area contributed by atoms with E-state index in [-0.39, 0.29) is 80.3 Å². The molecule has 15 aromatic heterocycles. The van der Waals surface area contributed by atoms with Crippen molar-refractivity contribution in [2.24, 2.45) is 0 Å². The van der Waals surface area contributed by atoms with Gasteiger partial charge in [-0.25, -0.2) is 68.7 Å². The highest BCUT2D eigenvalue weighted by Crippen LogP contribution is 2.51. The number of amides is 5.